The van der Waals surface area contributed by atoms with E-state index in [1.807, 2.05) is 0 Å². The molecule has 0 bridgehead atoms. The molecular weight excluding hydrogens is 302 g/mol. The molecule has 16 heavy (non-hydrogen) atoms. The highest BCUT2D eigenvalue weighted by Crippen LogP contribution is 2.33. The van der Waals surface area contributed by atoms with Gasteiger partial charge in [-0.25, -0.2) is 0 Å². The lowest BCUT2D eigenvalue weighted by atomic mass is 10.0. The Labute approximate surface area is 114 Å². The molecule has 1 aromatic heterocycles. The van der Waals surface area contributed by atoms with Crippen LogP contribution in [-0.4, -0.2) is 11.0 Å². The van der Waals surface area contributed by atoms with Crippen molar-refractivity contribution < 1.29 is 0 Å². The maximum Gasteiger partial charge on any atom is 0.0406 e. The van der Waals surface area contributed by atoms with Crippen molar-refractivity contribution in [3.05, 3.63) is 20.8 Å². The van der Waals surface area contributed by atoms with Gasteiger partial charge in [0.1, 0.15) is 0 Å². The van der Waals surface area contributed by atoms with Crippen LogP contribution in [0.1, 0.15) is 43.7 Å². The van der Waals surface area contributed by atoms with Crippen LogP contribution in [0.5, 0.6) is 0 Å². The van der Waals surface area contributed by atoms with Gasteiger partial charge in [0.15, 0.2) is 0 Å². The lowest BCUT2D eigenvalue weighted by molar-refractivity contribution is 0.515. The SMILES string of the molecule is NC(CSC1CCCCC1)c1cscc1Br. The number of hydrogen-bond acceptors (Lipinski definition) is 3. The predicted octanol–water partition coefficient (Wildman–Crippen LogP) is 4.58. The van der Waals surface area contributed by atoms with Crippen LogP contribution in [0.25, 0.3) is 0 Å². The van der Waals surface area contributed by atoms with Gasteiger partial charge < -0.3 is 5.73 Å². The van der Waals surface area contributed by atoms with E-state index in [2.05, 4.69) is 38.5 Å². The Morgan fingerprint density at radius 2 is 2.12 bits per heavy atom. The summed E-state index contributed by atoms with van der Waals surface area (Å²) in [7, 11) is 0. The third-order valence-corrected chi connectivity index (χ3v) is 6.35. The van der Waals surface area contributed by atoms with E-state index in [0.717, 1.165) is 11.0 Å². The monoisotopic (exact) mass is 319 g/mol. The van der Waals surface area contributed by atoms with Crippen LogP contribution in [0.3, 0.4) is 0 Å². The summed E-state index contributed by atoms with van der Waals surface area (Å²) in [6.07, 6.45) is 7.04. The summed E-state index contributed by atoms with van der Waals surface area (Å²) in [5.41, 5.74) is 7.48. The van der Waals surface area contributed by atoms with E-state index in [1.165, 1.54) is 42.1 Å². The van der Waals surface area contributed by atoms with Crippen molar-refractivity contribution >= 4 is 39.0 Å². The fourth-order valence-electron chi connectivity index (χ4n) is 2.12. The first-order chi connectivity index (χ1) is 7.77. The Morgan fingerprint density at radius 3 is 2.75 bits per heavy atom. The van der Waals surface area contributed by atoms with Crippen LogP contribution in [0.15, 0.2) is 15.2 Å². The fraction of sp³-hybridized carbons (Fsp3) is 0.667. The van der Waals surface area contributed by atoms with Crippen LogP contribution < -0.4 is 5.73 Å². The summed E-state index contributed by atoms with van der Waals surface area (Å²) in [4.78, 5) is 0. The highest BCUT2D eigenvalue weighted by atomic mass is 79.9. The van der Waals surface area contributed by atoms with Crippen LogP contribution in [0.2, 0.25) is 0 Å². The molecule has 1 aliphatic carbocycles. The van der Waals surface area contributed by atoms with Crippen molar-refractivity contribution in [3.63, 3.8) is 0 Å². The minimum atomic E-state index is 0.188. The van der Waals surface area contributed by atoms with Gasteiger partial charge in [-0.05, 0) is 39.7 Å². The molecule has 1 fully saturated rings. The minimum absolute atomic E-state index is 0.188. The second kappa shape index (κ2) is 6.43. The highest BCUT2D eigenvalue weighted by molar-refractivity contribution is 9.10. The van der Waals surface area contributed by atoms with Gasteiger partial charge >= 0.3 is 0 Å². The van der Waals surface area contributed by atoms with Gasteiger partial charge in [0.2, 0.25) is 0 Å². The molecule has 0 saturated heterocycles. The van der Waals surface area contributed by atoms with E-state index in [9.17, 15) is 0 Å². The van der Waals surface area contributed by atoms with Gasteiger partial charge in [-0.3, -0.25) is 0 Å². The van der Waals surface area contributed by atoms with Crippen LogP contribution >= 0.6 is 39.0 Å². The van der Waals surface area contributed by atoms with Crippen molar-refractivity contribution in [3.8, 4) is 0 Å². The minimum Gasteiger partial charge on any atom is -0.323 e. The van der Waals surface area contributed by atoms with E-state index >= 15 is 0 Å². The average Bonchev–Trinajstić information content (AvgIpc) is 2.74. The number of hydrogen-bond donors (Lipinski definition) is 1. The molecule has 1 aromatic rings. The number of nitrogens with two attached hydrogens (primary N) is 1. The topological polar surface area (TPSA) is 26.0 Å². The maximum atomic E-state index is 6.21. The smallest absolute Gasteiger partial charge is 0.0406 e. The van der Waals surface area contributed by atoms with Crippen molar-refractivity contribution in [2.75, 3.05) is 5.75 Å². The van der Waals surface area contributed by atoms with Gasteiger partial charge in [0, 0.05) is 26.9 Å². The lowest BCUT2D eigenvalue weighted by Crippen LogP contribution is -2.16. The molecule has 0 aromatic carbocycles. The number of thiophene rings is 1. The maximum absolute atomic E-state index is 6.21. The summed E-state index contributed by atoms with van der Waals surface area (Å²) in [5.74, 6) is 1.06. The molecule has 1 unspecified atom stereocenters. The standard InChI is InChI=1S/C12H18BrNS2/c13-11-7-15-6-10(11)12(14)8-16-9-4-2-1-3-5-9/h6-7,9,12H,1-5,8,14H2. The zero-order chi connectivity index (χ0) is 11.4. The van der Waals surface area contributed by atoms with Crippen molar-refractivity contribution in [1.82, 2.24) is 0 Å². The summed E-state index contributed by atoms with van der Waals surface area (Å²) in [5, 5.41) is 5.13. The van der Waals surface area contributed by atoms with E-state index < -0.39 is 0 Å². The summed E-state index contributed by atoms with van der Waals surface area (Å²) < 4.78 is 1.18. The predicted molar refractivity (Wildman–Crippen MR) is 78.3 cm³/mol. The first-order valence-corrected chi connectivity index (χ1v) is 8.64. The Balaban J connectivity index is 1.79. The molecule has 0 spiro atoms. The Hall–Kier alpha value is 0.490. The quantitative estimate of drug-likeness (QED) is 0.879. The molecule has 4 heteroatoms. The van der Waals surface area contributed by atoms with Gasteiger partial charge in [-0.1, -0.05) is 19.3 Å². The molecule has 0 radical (unpaired) electrons. The third-order valence-electron chi connectivity index (χ3n) is 3.11. The summed E-state index contributed by atoms with van der Waals surface area (Å²) in [6.45, 7) is 0. The summed E-state index contributed by atoms with van der Waals surface area (Å²) >= 11 is 7.35. The largest absolute Gasteiger partial charge is 0.323 e. The molecule has 0 amide bonds. The van der Waals surface area contributed by atoms with Crippen molar-refractivity contribution in [1.29, 1.82) is 0 Å². The fourth-order valence-corrected chi connectivity index (χ4v) is 5.10. The molecule has 1 aliphatic rings. The second-order valence-corrected chi connectivity index (χ2v) is 7.31. The normalized spacial score (nSPS) is 19.9. The molecule has 1 heterocycles. The molecule has 1 nitrogen and oxygen atoms in total. The van der Waals surface area contributed by atoms with E-state index in [1.54, 1.807) is 11.3 Å². The Morgan fingerprint density at radius 1 is 1.38 bits per heavy atom. The second-order valence-electron chi connectivity index (χ2n) is 4.37. The first kappa shape index (κ1) is 12.9. The van der Waals surface area contributed by atoms with Gasteiger partial charge in [-0.15, -0.1) is 0 Å². The molecule has 2 N–H and O–H groups in total. The molecular formula is C12H18BrNS2. The first-order valence-electron chi connectivity index (χ1n) is 5.86. The molecule has 1 saturated carbocycles. The zero-order valence-electron chi connectivity index (χ0n) is 9.32. The molecule has 2 rings (SSSR count). The van der Waals surface area contributed by atoms with E-state index in [0.29, 0.717) is 0 Å². The van der Waals surface area contributed by atoms with Gasteiger partial charge in [0.05, 0.1) is 0 Å². The van der Waals surface area contributed by atoms with Crippen LogP contribution in [0, 0.1) is 0 Å². The van der Waals surface area contributed by atoms with Crippen molar-refractivity contribution in [2.45, 2.75) is 43.4 Å². The van der Waals surface area contributed by atoms with Crippen LogP contribution in [0.4, 0.5) is 0 Å². The number of rotatable bonds is 4. The Bertz CT molecular complexity index is 321. The van der Waals surface area contributed by atoms with Crippen molar-refractivity contribution in [2.24, 2.45) is 5.73 Å². The van der Waals surface area contributed by atoms with Gasteiger partial charge in [-0.2, -0.15) is 23.1 Å². The van der Waals surface area contributed by atoms with E-state index in [-0.39, 0.29) is 6.04 Å². The zero-order valence-corrected chi connectivity index (χ0v) is 12.5. The summed E-state index contributed by atoms with van der Waals surface area (Å²) in [6, 6.07) is 0.188. The molecule has 0 aliphatic heterocycles. The van der Waals surface area contributed by atoms with Gasteiger partial charge in [0.25, 0.3) is 0 Å². The molecule has 90 valence electrons. The average molecular weight is 320 g/mol. The lowest BCUT2D eigenvalue weighted by Gasteiger charge is -2.22. The third kappa shape index (κ3) is 3.49. The van der Waals surface area contributed by atoms with E-state index in [4.69, 9.17) is 5.73 Å². The number of halogens is 1. The Kier molecular flexibility index (Phi) is 5.20. The number of thioether (sulfide) groups is 1. The van der Waals surface area contributed by atoms with Crippen LogP contribution in [-0.2, 0) is 0 Å². The highest BCUT2D eigenvalue weighted by Gasteiger charge is 2.17. The molecule has 1 atom stereocenters.